The molecule has 2 aromatic rings. The van der Waals surface area contributed by atoms with Crippen molar-refractivity contribution in [2.24, 2.45) is 0 Å². The molecule has 1 heterocycles. The molecule has 0 aliphatic heterocycles. The Hall–Kier alpha value is -1.47. The zero-order chi connectivity index (χ0) is 17.3. The summed E-state index contributed by atoms with van der Waals surface area (Å²) in [6.45, 7) is -0.0696. The fourth-order valence-electron chi connectivity index (χ4n) is 3.10. The number of likely N-dealkylation sites (N-methyl/N-ethyl adjacent to an activating group) is 1. The minimum atomic E-state index is -0.324. The summed E-state index contributed by atoms with van der Waals surface area (Å²) in [5.74, 6) is -0.125. The molecule has 0 spiro atoms. The molecule has 0 saturated heterocycles. The highest BCUT2D eigenvalue weighted by Crippen LogP contribution is 2.33. The molecule has 1 aliphatic carbocycles. The van der Waals surface area contributed by atoms with E-state index in [-0.39, 0.29) is 24.1 Å². The van der Waals surface area contributed by atoms with E-state index in [0.717, 1.165) is 19.3 Å². The lowest BCUT2D eigenvalue weighted by Crippen LogP contribution is -2.38. The number of fused-ring (bicyclic) bond motifs is 1. The summed E-state index contributed by atoms with van der Waals surface area (Å²) in [6, 6.07) is 8.30. The molecule has 1 aromatic carbocycles. The van der Waals surface area contributed by atoms with Crippen LogP contribution in [0.2, 0.25) is 0 Å². The second kappa shape index (κ2) is 7.19. The number of rotatable bonds is 3. The third-order valence-electron chi connectivity index (χ3n) is 4.43. The number of nitrogens with zero attached hydrogens (tertiary/aromatic N) is 3. The van der Waals surface area contributed by atoms with Crippen molar-refractivity contribution < 1.29 is 4.79 Å². The zero-order valence-electron chi connectivity index (χ0n) is 13.2. The van der Waals surface area contributed by atoms with Gasteiger partial charge in [-0.3, -0.25) is 9.59 Å². The third kappa shape index (κ3) is 3.32. The van der Waals surface area contributed by atoms with E-state index in [0.29, 0.717) is 8.95 Å². The number of amides is 1. The normalized spacial score (nSPS) is 16.5. The molecule has 7 heteroatoms. The van der Waals surface area contributed by atoms with Gasteiger partial charge in [0.15, 0.2) is 0 Å². The van der Waals surface area contributed by atoms with E-state index in [1.54, 1.807) is 11.9 Å². The summed E-state index contributed by atoms with van der Waals surface area (Å²) < 4.78 is 2.13. The number of halogens is 2. The molecular formula is C17H17Br2N3O2. The van der Waals surface area contributed by atoms with E-state index in [2.05, 4.69) is 49.1 Å². The molecule has 1 atom stereocenters. The van der Waals surface area contributed by atoms with Crippen molar-refractivity contribution >= 4 is 37.8 Å². The topological polar surface area (TPSA) is 55.2 Å². The van der Waals surface area contributed by atoms with Crippen LogP contribution >= 0.6 is 31.9 Å². The van der Waals surface area contributed by atoms with Gasteiger partial charge in [0.1, 0.15) is 11.0 Å². The average Bonchev–Trinajstić information content (AvgIpc) is 2.61. The highest BCUT2D eigenvalue weighted by Gasteiger charge is 2.26. The number of aromatic nitrogens is 2. The number of carbonyl (C=O) groups excluding carboxylic acids is 1. The molecule has 5 nitrogen and oxygen atoms in total. The van der Waals surface area contributed by atoms with Crippen molar-refractivity contribution in [3.8, 4) is 0 Å². The number of hydrogen-bond acceptors (Lipinski definition) is 3. The molecule has 0 N–H and O–H groups in total. The van der Waals surface area contributed by atoms with E-state index in [1.807, 2.05) is 12.1 Å². The maximum atomic E-state index is 12.7. The number of hydrogen-bond donors (Lipinski definition) is 0. The molecule has 24 heavy (non-hydrogen) atoms. The predicted octanol–water partition coefficient (Wildman–Crippen LogP) is 3.30. The summed E-state index contributed by atoms with van der Waals surface area (Å²) in [5.41, 5.74) is 2.18. The van der Waals surface area contributed by atoms with Gasteiger partial charge in [-0.2, -0.15) is 5.10 Å². The van der Waals surface area contributed by atoms with E-state index in [1.165, 1.54) is 22.0 Å². The first-order valence-corrected chi connectivity index (χ1v) is 9.32. The summed E-state index contributed by atoms with van der Waals surface area (Å²) in [6.07, 6.45) is 4.55. The molecule has 3 rings (SSSR count). The molecule has 0 radical (unpaired) electrons. The van der Waals surface area contributed by atoms with Gasteiger partial charge in [-0.05, 0) is 62.2 Å². The Labute approximate surface area is 156 Å². The Morgan fingerprint density at radius 3 is 2.92 bits per heavy atom. The SMILES string of the molecule is CN(C(=O)Cn1ncc(Br)c(Br)c1=O)[C@@H]1CCCc2ccccc21. The molecule has 0 saturated carbocycles. The van der Waals surface area contributed by atoms with Crippen LogP contribution in [0.5, 0.6) is 0 Å². The first kappa shape index (κ1) is 17.4. The van der Waals surface area contributed by atoms with E-state index >= 15 is 0 Å². The first-order valence-electron chi connectivity index (χ1n) is 7.73. The predicted molar refractivity (Wildman–Crippen MR) is 98.8 cm³/mol. The quantitative estimate of drug-likeness (QED) is 0.714. The Morgan fingerprint density at radius 2 is 2.12 bits per heavy atom. The van der Waals surface area contributed by atoms with Gasteiger partial charge in [-0.1, -0.05) is 24.3 Å². The van der Waals surface area contributed by atoms with Crippen LogP contribution < -0.4 is 5.56 Å². The Morgan fingerprint density at radius 1 is 1.38 bits per heavy atom. The molecule has 0 fully saturated rings. The lowest BCUT2D eigenvalue weighted by molar-refractivity contribution is -0.133. The highest BCUT2D eigenvalue weighted by atomic mass is 79.9. The molecule has 0 bridgehead atoms. The molecule has 1 aromatic heterocycles. The molecule has 1 amide bonds. The van der Waals surface area contributed by atoms with Crippen molar-refractivity contribution in [1.82, 2.24) is 14.7 Å². The molecule has 0 unspecified atom stereocenters. The maximum Gasteiger partial charge on any atom is 0.282 e. The van der Waals surface area contributed by atoms with E-state index < -0.39 is 0 Å². The van der Waals surface area contributed by atoms with Crippen LogP contribution in [-0.4, -0.2) is 27.6 Å². The Balaban J connectivity index is 1.82. The first-order chi connectivity index (χ1) is 11.5. The number of carbonyl (C=O) groups is 1. The van der Waals surface area contributed by atoms with Crippen LogP contribution in [0.1, 0.15) is 30.0 Å². The van der Waals surface area contributed by atoms with Gasteiger partial charge in [0.2, 0.25) is 5.91 Å². The van der Waals surface area contributed by atoms with E-state index in [4.69, 9.17) is 0 Å². The van der Waals surface area contributed by atoms with Crippen molar-refractivity contribution in [1.29, 1.82) is 0 Å². The summed E-state index contributed by atoms with van der Waals surface area (Å²) >= 11 is 6.45. The van der Waals surface area contributed by atoms with Gasteiger partial charge in [0.25, 0.3) is 5.56 Å². The second-order valence-corrected chi connectivity index (χ2v) is 7.53. The van der Waals surface area contributed by atoms with Gasteiger partial charge in [-0.25, -0.2) is 4.68 Å². The minimum absolute atomic E-state index is 0.0528. The van der Waals surface area contributed by atoms with Crippen LogP contribution in [-0.2, 0) is 17.8 Å². The van der Waals surface area contributed by atoms with Gasteiger partial charge in [0, 0.05) is 7.05 Å². The van der Waals surface area contributed by atoms with Crippen molar-refractivity contribution in [3.63, 3.8) is 0 Å². The van der Waals surface area contributed by atoms with Gasteiger partial charge in [0.05, 0.1) is 16.7 Å². The largest absolute Gasteiger partial charge is 0.337 e. The molecule has 1 aliphatic rings. The van der Waals surface area contributed by atoms with Crippen molar-refractivity contribution in [2.45, 2.75) is 31.8 Å². The van der Waals surface area contributed by atoms with Crippen LogP contribution in [0.4, 0.5) is 0 Å². The standard InChI is InChI=1S/C17H17Br2N3O2/c1-21(14-8-4-6-11-5-2-3-7-12(11)14)15(23)10-22-17(24)16(19)13(18)9-20-22/h2-3,5,7,9,14H,4,6,8,10H2,1H3/t14-/m1/s1. The lowest BCUT2D eigenvalue weighted by Gasteiger charge is -2.33. The highest BCUT2D eigenvalue weighted by molar-refractivity contribution is 9.13. The summed E-state index contributed by atoms with van der Waals surface area (Å²) in [4.78, 5) is 26.6. The van der Waals surface area contributed by atoms with Gasteiger partial charge >= 0.3 is 0 Å². The fraction of sp³-hybridized carbons (Fsp3) is 0.353. The van der Waals surface area contributed by atoms with Crippen LogP contribution in [0, 0.1) is 0 Å². The number of aryl methyl sites for hydroxylation is 1. The van der Waals surface area contributed by atoms with Crippen molar-refractivity contribution in [2.75, 3.05) is 7.05 Å². The Kier molecular flexibility index (Phi) is 5.20. The average molecular weight is 455 g/mol. The van der Waals surface area contributed by atoms with Gasteiger partial charge in [-0.15, -0.1) is 0 Å². The van der Waals surface area contributed by atoms with Gasteiger partial charge < -0.3 is 4.90 Å². The monoisotopic (exact) mass is 453 g/mol. The van der Waals surface area contributed by atoms with Crippen LogP contribution in [0.3, 0.4) is 0 Å². The van der Waals surface area contributed by atoms with E-state index in [9.17, 15) is 9.59 Å². The molecule has 126 valence electrons. The lowest BCUT2D eigenvalue weighted by atomic mass is 9.87. The minimum Gasteiger partial charge on any atom is -0.337 e. The Bertz CT molecular complexity index is 835. The third-order valence-corrected chi connectivity index (χ3v) is 6.33. The van der Waals surface area contributed by atoms with Crippen LogP contribution in [0.15, 0.2) is 44.2 Å². The number of benzene rings is 1. The summed E-state index contributed by atoms with van der Waals surface area (Å²) in [7, 11) is 1.80. The zero-order valence-corrected chi connectivity index (χ0v) is 16.4. The van der Waals surface area contributed by atoms with Crippen LogP contribution in [0.25, 0.3) is 0 Å². The maximum absolute atomic E-state index is 12.7. The molecular weight excluding hydrogens is 438 g/mol. The summed E-state index contributed by atoms with van der Waals surface area (Å²) in [5, 5.41) is 4.03. The second-order valence-electron chi connectivity index (χ2n) is 5.88. The smallest absolute Gasteiger partial charge is 0.282 e. The van der Waals surface area contributed by atoms with Crippen molar-refractivity contribution in [3.05, 3.63) is 60.9 Å². The fourth-order valence-corrected chi connectivity index (χ4v) is 3.67.